The van der Waals surface area contributed by atoms with E-state index in [2.05, 4.69) is 15.2 Å². The van der Waals surface area contributed by atoms with Crippen molar-refractivity contribution in [3.63, 3.8) is 0 Å². The molecule has 4 nitrogen and oxygen atoms in total. The number of nitrogens with one attached hydrogen (secondary N) is 1. The first-order valence-corrected chi connectivity index (χ1v) is 8.80. The van der Waals surface area contributed by atoms with Crippen LogP contribution in [-0.2, 0) is 6.54 Å². The average molecular weight is 328 g/mol. The van der Waals surface area contributed by atoms with Gasteiger partial charge in [-0.2, -0.15) is 5.26 Å². The van der Waals surface area contributed by atoms with Crippen LogP contribution >= 0.6 is 0 Å². The Kier molecular flexibility index (Phi) is 5.03. The van der Waals surface area contributed by atoms with Gasteiger partial charge in [-0.1, -0.05) is 25.3 Å². The molecule has 1 saturated heterocycles. The van der Waals surface area contributed by atoms with Gasteiger partial charge in [-0.25, -0.2) is 4.39 Å². The lowest BCUT2D eigenvalue weighted by molar-refractivity contribution is 0.203. The van der Waals surface area contributed by atoms with Crippen LogP contribution in [0.4, 0.5) is 4.39 Å². The first-order chi connectivity index (χ1) is 11.7. The highest BCUT2D eigenvalue weighted by molar-refractivity contribution is 5.80. The maximum absolute atomic E-state index is 14.0. The quantitative estimate of drug-likeness (QED) is 0.668. The van der Waals surface area contributed by atoms with Crippen LogP contribution in [0, 0.1) is 22.6 Å². The largest absolute Gasteiger partial charge is 0.352 e. The number of nitriles is 1. The first-order valence-electron chi connectivity index (χ1n) is 8.80. The number of likely N-dealkylation sites (tertiary alicyclic amines) is 1. The Morgan fingerprint density at radius 2 is 2.12 bits per heavy atom. The Morgan fingerprint density at radius 3 is 2.79 bits per heavy atom. The summed E-state index contributed by atoms with van der Waals surface area (Å²) < 4.78 is 14.0. The molecule has 1 spiro atoms. The normalized spacial score (nSPS) is 20.2. The van der Waals surface area contributed by atoms with Crippen molar-refractivity contribution < 1.29 is 4.39 Å². The van der Waals surface area contributed by atoms with Crippen molar-refractivity contribution in [3.8, 4) is 6.07 Å². The highest BCUT2D eigenvalue weighted by Crippen LogP contribution is 2.43. The molecule has 2 aliphatic rings. The van der Waals surface area contributed by atoms with Crippen LogP contribution in [0.1, 0.15) is 49.7 Å². The molecule has 0 aromatic heterocycles. The molecule has 0 atom stereocenters. The van der Waals surface area contributed by atoms with Crippen molar-refractivity contribution in [1.82, 2.24) is 10.2 Å². The fourth-order valence-electron chi connectivity index (χ4n) is 4.09. The first kappa shape index (κ1) is 16.8. The second-order valence-electron chi connectivity index (χ2n) is 7.05. The van der Waals surface area contributed by atoms with E-state index in [1.807, 2.05) is 6.07 Å². The number of hydrogen-bond donors (Lipinski definition) is 1. The van der Waals surface area contributed by atoms with Crippen molar-refractivity contribution in [3.05, 3.63) is 35.1 Å². The van der Waals surface area contributed by atoms with Gasteiger partial charge in [-0.15, -0.1) is 0 Å². The zero-order valence-corrected chi connectivity index (χ0v) is 14.3. The van der Waals surface area contributed by atoms with E-state index in [1.165, 1.54) is 44.6 Å². The Morgan fingerprint density at radius 1 is 1.33 bits per heavy atom. The Hall–Kier alpha value is -2.09. The summed E-state index contributed by atoms with van der Waals surface area (Å²) in [5, 5.41) is 12.1. The third-order valence-electron chi connectivity index (χ3n) is 5.48. The van der Waals surface area contributed by atoms with Crippen molar-refractivity contribution in [2.75, 3.05) is 20.1 Å². The van der Waals surface area contributed by atoms with Gasteiger partial charge in [0.2, 0.25) is 0 Å². The molecule has 1 aliphatic carbocycles. The average Bonchev–Trinajstić information content (AvgIpc) is 3.00. The standard InChI is InChI=1S/C19H25FN4/c1-22-18(23-13-16-6-5-15(12-21)11-17(16)20)24-10-9-19(14-24)7-3-2-4-8-19/h5-6,11H,2-4,7-10,13-14H2,1H3,(H,22,23). The predicted molar refractivity (Wildman–Crippen MR) is 93.0 cm³/mol. The van der Waals surface area contributed by atoms with E-state index in [-0.39, 0.29) is 5.82 Å². The molecule has 128 valence electrons. The van der Waals surface area contributed by atoms with Gasteiger partial charge in [0.05, 0.1) is 11.6 Å². The van der Waals surface area contributed by atoms with Crippen molar-refractivity contribution in [2.24, 2.45) is 10.4 Å². The van der Waals surface area contributed by atoms with Gasteiger partial charge < -0.3 is 10.2 Å². The van der Waals surface area contributed by atoms with Gasteiger partial charge in [0.25, 0.3) is 0 Å². The summed E-state index contributed by atoms with van der Waals surface area (Å²) in [6, 6.07) is 6.56. The van der Waals surface area contributed by atoms with Crippen molar-refractivity contribution >= 4 is 5.96 Å². The summed E-state index contributed by atoms with van der Waals surface area (Å²) in [6.45, 7) is 2.46. The molecule has 1 aromatic rings. The van der Waals surface area contributed by atoms with Gasteiger partial charge in [-0.3, -0.25) is 4.99 Å². The molecule has 1 saturated carbocycles. The van der Waals surface area contributed by atoms with Crippen LogP contribution < -0.4 is 5.32 Å². The van der Waals surface area contributed by atoms with E-state index in [9.17, 15) is 4.39 Å². The number of benzene rings is 1. The molecule has 0 unspecified atom stereocenters. The van der Waals surface area contributed by atoms with Crippen LogP contribution in [0.25, 0.3) is 0 Å². The van der Waals surface area contributed by atoms with E-state index in [0.717, 1.165) is 19.0 Å². The van der Waals surface area contributed by atoms with Crippen molar-refractivity contribution in [1.29, 1.82) is 5.26 Å². The van der Waals surface area contributed by atoms with Gasteiger partial charge >= 0.3 is 0 Å². The number of guanidine groups is 1. The smallest absolute Gasteiger partial charge is 0.193 e. The van der Waals surface area contributed by atoms with E-state index in [1.54, 1.807) is 19.2 Å². The number of hydrogen-bond acceptors (Lipinski definition) is 2. The minimum absolute atomic E-state index is 0.345. The second-order valence-corrected chi connectivity index (χ2v) is 7.05. The molecule has 1 aliphatic heterocycles. The number of aliphatic imine (C=N–C) groups is 1. The van der Waals surface area contributed by atoms with Crippen LogP contribution in [-0.4, -0.2) is 31.0 Å². The van der Waals surface area contributed by atoms with Crippen LogP contribution in [0.2, 0.25) is 0 Å². The van der Waals surface area contributed by atoms with Crippen molar-refractivity contribution in [2.45, 2.75) is 45.1 Å². The minimum atomic E-state index is -0.345. The molecular formula is C19H25FN4. The lowest BCUT2D eigenvalue weighted by atomic mass is 9.73. The fourth-order valence-corrected chi connectivity index (χ4v) is 4.09. The minimum Gasteiger partial charge on any atom is -0.352 e. The lowest BCUT2D eigenvalue weighted by Crippen LogP contribution is -2.41. The van der Waals surface area contributed by atoms with Crippen LogP contribution in [0.3, 0.4) is 0 Å². The van der Waals surface area contributed by atoms with E-state index in [0.29, 0.717) is 23.1 Å². The summed E-state index contributed by atoms with van der Waals surface area (Å²) in [5.41, 5.74) is 1.37. The molecule has 1 heterocycles. The Balaban J connectivity index is 1.61. The van der Waals surface area contributed by atoms with Crippen LogP contribution in [0.5, 0.6) is 0 Å². The van der Waals surface area contributed by atoms with Gasteiger partial charge in [-0.05, 0) is 36.8 Å². The fraction of sp³-hybridized carbons (Fsp3) is 0.579. The molecule has 2 fully saturated rings. The number of halogens is 1. The highest BCUT2D eigenvalue weighted by atomic mass is 19.1. The zero-order chi connectivity index (χ0) is 17.0. The summed E-state index contributed by atoms with van der Waals surface area (Å²) in [6.07, 6.45) is 7.94. The number of rotatable bonds is 2. The number of nitrogens with zero attached hydrogens (tertiary/aromatic N) is 3. The molecular weight excluding hydrogens is 303 g/mol. The molecule has 24 heavy (non-hydrogen) atoms. The molecule has 3 rings (SSSR count). The van der Waals surface area contributed by atoms with Gasteiger partial charge in [0, 0.05) is 32.2 Å². The SMILES string of the molecule is CN=C(NCc1ccc(C#N)cc1F)N1CCC2(CCCCC2)C1. The molecule has 1 N–H and O–H groups in total. The van der Waals surface area contributed by atoms with Gasteiger partial charge in [0.1, 0.15) is 5.82 Å². The summed E-state index contributed by atoms with van der Waals surface area (Å²) in [4.78, 5) is 6.70. The van der Waals surface area contributed by atoms with E-state index < -0.39 is 0 Å². The second kappa shape index (κ2) is 7.21. The zero-order valence-electron chi connectivity index (χ0n) is 14.3. The van der Waals surface area contributed by atoms with E-state index >= 15 is 0 Å². The predicted octanol–water partition coefficient (Wildman–Crippen LogP) is 3.43. The molecule has 1 aromatic carbocycles. The monoisotopic (exact) mass is 328 g/mol. The summed E-state index contributed by atoms with van der Waals surface area (Å²) >= 11 is 0. The molecule has 0 radical (unpaired) electrons. The third-order valence-corrected chi connectivity index (χ3v) is 5.48. The lowest BCUT2D eigenvalue weighted by Gasteiger charge is -2.33. The molecule has 0 amide bonds. The van der Waals surface area contributed by atoms with E-state index in [4.69, 9.17) is 5.26 Å². The molecule has 0 bridgehead atoms. The summed E-state index contributed by atoms with van der Waals surface area (Å²) in [7, 11) is 1.78. The highest BCUT2D eigenvalue weighted by Gasteiger charge is 2.39. The molecule has 5 heteroatoms. The maximum atomic E-state index is 14.0. The summed E-state index contributed by atoms with van der Waals surface area (Å²) in [5.74, 6) is 0.503. The Labute approximate surface area is 143 Å². The third kappa shape index (κ3) is 3.53. The maximum Gasteiger partial charge on any atom is 0.193 e. The topological polar surface area (TPSA) is 51.4 Å². The van der Waals surface area contributed by atoms with Gasteiger partial charge in [0.15, 0.2) is 5.96 Å². The van der Waals surface area contributed by atoms with Crippen LogP contribution in [0.15, 0.2) is 23.2 Å². The Bertz CT molecular complexity index is 656.